The van der Waals surface area contributed by atoms with Crippen LogP contribution in [0.15, 0.2) is 46.5 Å². The number of rotatable bonds is 4. The number of ether oxygens (including phenoxy) is 2. The van der Waals surface area contributed by atoms with Gasteiger partial charge in [-0.25, -0.2) is 9.59 Å². The largest absolute Gasteiger partial charge is 0.458 e. The van der Waals surface area contributed by atoms with Crippen molar-refractivity contribution >= 4 is 12.1 Å². The molecule has 0 aromatic carbocycles. The summed E-state index contributed by atoms with van der Waals surface area (Å²) in [6, 6.07) is 3.47. The van der Waals surface area contributed by atoms with Crippen molar-refractivity contribution in [3.05, 3.63) is 41.9 Å². The van der Waals surface area contributed by atoms with E-state index >= 15 is 0 Å². The molecule has 1 amide bonds. The molecule has 1 aromatic rings. The molecule has 0 fully saturated rings. The van der Waals surface area contributed by atoms with E-state index in [0.29, 0.717) is 0 Å². The molecule has 0 saturated carbocycles. The smallest absolute Gasteiger partial charge is 0.452 e. The van der Waals surface area contributed by atoms with Crippen molar-refractivity contribution in [2.24, 2.45) is 10.2 Å². The quantitative estimate of drug-likeness (QED) is 0.472. The Morgan fingerprint density at radius 2 is 2.00 bits per heavy atom. The average molecular weight is 263 g/mol. The van der Waals surface area contributed by atoms with Crippen LogP contribution in [0.1, 0.15) is 12.5 Å². The minimum Gasteiger partial charge on any atom is -0.458 e. The van der Waals surface area contributed by atoms with Gasteiger partial charge in [0.25, 0.3) is 0 Å². The van der Waals surface area contributed by atoms with E-state index in [1.807, 2.05) is 0 Å². The van der Waals surface area contributed by atoms with Gasteiger partial charge in [-0.05, 0) is 24.6 Å². The van der Waals surface area contributed by atoms with Crippen LogP contribution in [0, 0.1) is 0 Å². The van der Waals surface area contributed by atoms with Crippen LogP contribution in [-0.2, 0) is 20.9 Å². The van der Waals surface area contributed by atoms with Gasteiger partial charge in [0, 0.05) is 18.5 Å². The van der Waals surface area contributed by atoms with E-state index < -0.39 is 12.1 Å². The number of hydrogen-bond donors (Lipinski definition) is 0. The number of hydrogen-bond acceptors (Lipinski definition) is 6. The number of carbonyl (C=O) groups excluding carboxylic acids is 2. The van der Waals surface area contributed by atoms with E-state index in [0.717, 1.165) is 11.6 Å². The third kappa shape index (κ3) is 6.06. The molecule has 0 radical (unpaired) electrons. The summed E-state index contributed by atoms with van der Waals surface area (Å²) in [4.78, 5) is 25.9. The lowest BCUT2D eigenvalue weighted by atomic mass is 10.3. The fourth-order valence-electron chi connectivity index (χ4n) is 1.04. The molecule has 0 aliphatic rings. The van der Waals surface area contributed by atoms with Gasteiger partial charge in [-0.2, -0.15) is 0 Å². The molecule has 0 aliphatic carbocycles. The van der Waals surface area contributed by atoms with Crippen molar-refractivity contribution in [3.8, 4) is 0 Å². The number of esters is 1. The number of methoxy groups -OCH3 is 1. The third-order valence-electron chi connectivity index (χ3n) is 1.92. The summed E-state index contributed by atoms with van der Waals surface area (Å²) >= 11 is 0. The molecule has 0 spiro atoms. The summed E-state index contributed by atoms with van der Waals surface area (Å²) in [5.41, 5.74) is 1.07. The zero-order valence-electron chi connectivity index (χ0n) is 10.6. The van der Waals surface area contributed by atoms with Crippen LogP contribution in [0.5, 0.6) is 0 Å². The van der Waals surface area contributed by atoms with Crippen LogP contribution < -0.4 is 0 Å². The van der Waals surface area contributed by atoms with E-state index in [2.05, 4.69) is 19.9 Å². The Labute approximate surface area is 110 Å². The van der Waals surface area contributed by atoms with E-state index in [1.165, 1.54) is 14.0 Å². The summed E-state index contributed by atoms with van der Waals surface area (Å²) in [5.74, 6) is -0.571. The molecule has 7 heteroatoms. The number of allylic oxidation sites excluding steroid dienone is 1. The summed E-state index contributed by atoms with van der Waals surface area (Å²) in [5, 5.41) is 6.68. The van der Waals surface area contributed by atoms with Gasteiger partial charge in [-0.15, -0.1) is 5.11 Å². The molecule has 0 atom stereocenters. The van der Waals surface area contributed by atoms with Crippen molar-refractivity contribution in [1.82, 2.24) is 4.98 Å². The maximum atomic E-state index is 11.4. The summed E-state index contributed by atoms with van der Waals surface area (Å²) in [6.45, 7) is 1.65. The SMILES string of the molecule is COC(=O)N=N/C(C)=C\C(=O)OCc1ccncc1. The highest BCUT2D eigenvalue weighted by Gasteiger charge is 2.01. The highest BCUT2D eigenvalue weighted by molar-refractivity contribution is 5.82. The first-order valence-electron chi connectivity index (χ1n) is 5.35. The summed E-state index contributed by atoms with van der Waals surface area (Å²) in [6.07, 6.45) is 3.51. The molecule has 1 rings (SSSR count). The molecule has 100 valence electrons. The molecule has 1 aromatic heterocycles. The first-order chi connectivity index (χ1) is 9.11. The van der Waals surface area contributed by atoms with E-state index in [1.54, 1.807) is 24.5 Å². The molecule has 0 N–H and O–H groups in total. The van der Waals surface area contributed by atoms with Crippen molar-refractivity contribution in [2.45, 2.75) is 13.5 Å². The molecule has 0 bridgehead atoms. The van der Waals surface area contributed by atoms with Crippen LogP contribution in [0.2, 0.25) is 0 Å². The molecule has 0 saturated heterocycles. The Morgan fingerprint density at radius 3 is 2.63 bits per heavy atom. The van der Waals surface area contributed by atoms with Crippen LogP contribution in [0.4, 0.5) is 4.79 Å². The zero-order chi connectivity index (χ0) is 14.1. The normalized spacial score (nSPS) is 11.4. The van der Waals surface area contributed by atoms with Gasteiger partial charge < -0.3 is 9.47 Å². The second kappa shape index (κ2) is 7.70. The van der Waals surface area contributed by atoms with Crippen molar-refractivity contribution in [2.75, 3.05) is 7.11 Å². The van der Waals surface area contributed by atoms with Crippen LogP contribution in [0.3, 0.4) is 0 Å². The number of aromatic nitrogens is 1. The molecule has 0 unspecified atom stereocenters. The Bertz CT molecular complexity index is 497. The van der Waals surface area contributed by atoms with Gasteiger partial charge in [-0.1, -0.05) is 5.11 Å². The lowest BCUT2D eigenvalue weighted by molar-refractivity contribution is -0.139. The lowest BCUT2D eigenvalue weighted by Crippen LogP contribution is -2.01. The summed E-state index contributed by atoms with van der Waals surface area (Å²) < 4.78 is 9.23. The fourth-order valence-corrected chi connectivity index (χ4v) is 1.04. The van der Waals surface area contributed by atoms with Gasteiger partial charge in [0.2, 0.25) is 0 Å². The molecule has 0 aliphatic heterocycles. The molecular formula is C12H13N3O4. The number of nitrogens with zero attached hydrogens (tertiary/aromatic N) is 3. The first-order valence-corrected chi connectivity index (χ1v) is 5.35. The summed E-state index contributed by atoms with van der Waals surface area (Å²) in [7, 11) is 1.18. The minimum absolute atomic E-state index is 0.138. The van der Waals surface area contributed by atoms with E-state index in [-0.39, 0.29) is 12.3 Å². The zero-order valence-corrected chi connectivity index (χ0v) is 10.6. The number of azo groups is 1. The Kier molecular flexibility index (Phi) is 5.87. The highest BCUT2D eigenvalue weighted by atomic mass is 16.5. The lowest BCUT2D eigenvalue weighted by Gasteiger charge is -2.01. The number of pyridine rings is 1. The topological polar surface area (TPSA) is 90.2 Å². The van der Waals surface area contributed by atoms with Gasteiger partial charge in [0.15, 0.2) is 0 Å². The number of carbonyl (C=O) groups is 2. The maximum absolute atomic E-state index is 11.4. The number of amides is 1. The molecule has 19 heavy (non-hydrogen) atoms. The van der Waals surface area contributed by atoms with Gasteiger partial charge in [0.05, 0.1) is 12.8 Å². The van der Waals surface area contributed by atoms with Gasteiger partial charge >= 0.3 is 12.1 Å². The standard InChI is InChI=1S/C12H13N3O4/c1-9(14-15-12(17)18-2)7-11(16)19-8-10-3-5-13-6-4-10/h3-7H,8H2,1-2H3/b9-7-,15-14?. The third-order valence-corrected chi connectivity index (χ3v) is 1.92. The predicted octanol–water partition coefficient (Wildman–Crippen LogP) is 2.25. The maximum Gasteiger partial charge on any atom is 0.452 e. The Balaban J connectivity index is 2.46. The minimum atomic E-state index is -0.835. The van der Waals surface area contributed by atoms with Gasteiger partial charge in [0.1, 0.15) is 6.61 Å². The molecular weight excluding hydrogens is 250 g/mol. The first kappa shape index (κ1) is 14.5. The van der Waals surface area contributed by atoms with Crippen LogP contribution >= 0.6 is 0 Å². The van der Waals surface area contributed by atoms with E-state index in [9.17, 15) is 9.59 Å². The Morgan fingerprint density at radius 1 is 1.32 bits per heavy atom. The second-order valence-corrected chi connectivity index (χ2v) is 3.42. The predicted molar refractivity (Wildman–Crippen MR) is 65.1 cm³/mol. The van der Waals surface area contributed by atoms with Crippen LogP contribution in [-0.4, -0.2) is 24.2 Å². The van der Waals surface area contributed by atoms with E-state index in [4.69, 9.17) is 4.74 Å². The monoisotopic (exact) mass is 263 g/mol. The van der Waals surface area contributed by atoms with Crippen molar-refractivity contribution in [1.29, 1.82) is 0 Å². The molecule has 7 nitrogen and oxygen atoms in total. The Hall–Kier alpha value is -2.57. The fraction of sp³-hybridized carbons (Fsp3) is 0.250. The van der Waals surface area contributed by atoms with Crippen LogP contribution in [0.25, 0.3) is 0 Å². The van der Waals surface area contributed by atoms with Gasteiger partial charge in [-0.3, -0.25) is 4.98 Å². The second-order valence-electron chi connectivity index (χ2n) is 3.42. The van der Waals surface area contributed by atoms with Crippen molar-refractivity contribution in [3.63, 3.8) is 0 Å². The highest BCUT2D eigenvalue weighted by Crippen LogP contribution is 2.02. The van der Waals surface area contributed by atoms with Crippen molar-refractivity contribution < 1.29 is 19.1 Å². The molecule has 1 heterocycles. The average Bonchev–Trinajstić information content (AvgIpc) is 2.43.